The van der Waals surface area contributed by atoms with Gasteiger partial charge in [-0.3, -0.25) is 4.79 Å². The van der Waals surface area contributed by atoms with Crippen LogP contribution in [0, 0.1) is 6.92 Å². The average molecular weight is 423 g/mol. The number of anilines is 1. The lowest BCUT2D eigenvalue weighted by Gasteiger charge is -2.08. The molecular weight excluding hydrogens is 404 g/mol. The van der Waals surface area contributed by atoms with Gasteiger partial charge < -0.3 is 19.7 Å². The predicted molar refractivity (Wildman–Crippen MR) is 114 cm³/mol. The van der Waals surface area contributed by atoms with Gasteiger partial charge in [0.05, 0.1) is 5.02 Å². The number of aryl methyl sites for hydroxylation is 1. The van der Waals surface area contributed by atoms with E-state index in [0.29, 0.717) is 46.5 Å². The van der Waals surface area contributed by atoms with Gasteiger partial charge in [-0.25, -0.2) is 0 Å². The topological polar surface area (TPSA) is 97.9 Å². The molecule has 2 N–H and O–H groups in total. The molecule has 0 spiro atoms. The molecule has 9 heteroatoms. The second kappa shape index (κ2) is 8.79. The molecule has 30 heavy (non-hydrogen) atoms. The summed E-state index contributed by atoms with van der Waals surface area (Å²) in [6, 6.07) is 14.7. The van der Waals surface area contributed by atoms with Crippen LogP contribution in [0.1, 0.15) is 16.1 Å². The van der Waals surface area contributed by atoms with Gasteiger partial charge in [0.2, 0.25) is 0 Å². The van der Waals surface area contributed by atoms with Crippen LogP contribution in [0.25, 0.3) is 17.1 Å². The molecule has 4 aromatic rings. The molecular formula is C21H19ClN6O2. The lowest BCUT2D eigenvalue weighted by Crippen LogP contribution is -2.29. The highest BCUT2D eigenvalue weighted by molar-refractivity contribution is 6.33. The molecule has 0 saturated carbocycles. The molecule has 1 aromatic carbocycles. The van der Waals surface area contributed by atoms with E-state index in [9.17, 15) is 4.79 Å². The molecule has 8 nitrogen and oxygen atoms in total. The summed E-state index contributed by atoms with van der Waals surface area (Å²) in [4.78, 5) is 12.7. The average Bonchev–Trinajstić information content (AvgIpc) is 3.42. The number of aromatic nitrogens is 4. The van der Waals surface area contributed by atoms with E-state index in [4.69, 9.17) is 16.1 Å². The molecule has 0 aliphatic rings. The van der Waals surface area contributed by atoms with Gasteiger partial charge >= 0.3 is 0 Å². The Bertz CT molecular complexity index is 1140. The Hall–Kier alpha value is -3.65. The third-order valence-electron chi connectivity index (χ3n) is 4.45. The van der Waals surface area contributed by atoms with Crippen molar-refractivity contribution in [3.8, 4) is 17.1 Å². The zero-order chi connectivity index (χ0) is 20.9. The van der Waals surface area contributed by atoms with Crippen LogP contribution in [0.15, 0.2) is 65.4 Å². The van der Waals surface area contributed by atoms with E-state index in [-0.39, 0.29) is 5.91 Å². The quantitative estimate of drug-likeness (QED) is 0.440. The summed E-state index contributed by atoms with van der Waals surface area (Å²) in [5.74, 6) is 1.51. The van der Waals surface area contributed by atoms with Gasteiger partial charge in [0.15, 0.2) is 5.82 Å². The maximum atomic E-state index is 12.7. The largest absolute Gasteiger partial charge is 0.367 e. The van der Waals surface area contributed by atoms with E-state index >= 15 is 0 Å². The summed E-state index contributed by atoms with van der Waals surface area (Å²) in [7, 11) is 0. The van der Waals surface area contributed by atoms with Crippen molar-refractivity contribution in [2.24, 2.45) is 0 Å². The predicted octanol–water partition coefficient (Wildman–Crippen LogP) is 3.73. The van der Waals surface area contributed by atoms with Gasteiger partial charge in [-0.15, -0.1) is 10.2 Å². The molecule has 4 rings (SSSR count). The Balaban J connectivity index is 1.35. The number of hydrogen-bond acceptors (Lipinski definition) is 6. The van der Waals surface area contributed by atoms with Crippen LogP contribution in [-0.2, 0) is 0 Å². The van der Waals surface area contributed by atoms with Crippen molar-refractivity contribution < 1.29 is 9.32 Å². The first kappa shape index (κ1) is 19.7. The minimum Gasteiger partial charge on any atom is -0.367 e. The third kappa shape index (κ3) is 4.18. The fourth-order valence-electron chi connectivity index (χ4n) is 2.98. The zero-order valence-corrected chi connectivity index (χ0v) is 16.9. The molecule has 0 radical (unpaired) electrons. The molecule has 152 valence electrons. The van der Waals surface area contributed by atoms with Crippen LogP contribution in [0.2, 0.25) is 5.02 Å². The molecule has 0 aliphatic carbocycles. The van der Waals surface area contributed by atoms with Gasteiger partial charge in [-0.05, 0) is 37.3 Å². The van der Waals surface area contributed by atoms with Gasteiger partial charge in [-0.2, -0.15) is 0 Å². The third-order valence-corrected chi connectivity index (χ3v) is 4.78. The van der Waals surface area contributed by atoms with Crippen LogP contribution in [0.4, 0.5) is 5.82 Å². The summed E-state index contributed by atoms with van der Waals surface area (Å²) < 4.78 is 7.11. The number of amides is 1. The highest BCUT2D eigenvalue weighted by Gasteiger charge is 2.22. The molecule has 1 amide bonds. The lowest BCUT2D eigenvalue weighted by molar-refractivity contribution is 0.0954. The van der Waals surface area contributed by atoms with Crippen molar-refractivity contribution >= 4 is 23.3 Å². The summed E-state index contributed by atoms with van der Waals surface area (Å²) in [5.41, 5.74) is 1.45. The Morgan fingerprint density at radius 2 is 1.87 bits per heavy atom. The number of carbonyl (C=O) groups excluding carboxylic acids is 1. The first-order chi connectivity index (χ1) is 14.6. The standard InChI is InChI=1S/C21H19ClN6O2/c1-14-19(20(27-30-14)15-6-2-3-7-16(15)22)21(29)24-11-10-23-17-8-9-18(26-25-17)28-12-4-5-13-28/h2-9,12-13H,10-11H2,1H3,(H,23,25)(H,24,29). The Kier molecular flexibility index (Phi) is 5.76. The summed E-state index contributed by atoms with van der Waals surface area (Å²) in [5, 5.41) is 18.8. The molecule has 0 unspecified atom stereocenters. The van der Waals surface area contributed by atoms with Crippen molar-refractivity contribution in [2.75, 3.05) is 18.4 Å². The smallest absolute Gasteiger partial charge is 0.257 e. The molecule has 0 aliphatic heterocycles. The van der Waals surface area contributed by atoms with Gasteiger partial charge in [0, 0.05) is 31.0 Å². The van der Waals surface area contributed by atoms with Crippen molar-refractivity contribution in [2.45, 2.75) is 6.92 Å². The second-order valence-electron chi connectivity index (χ2n) is 6.49. The van der Waals surface area contributed by atoms with Crippen molar-refractivity contribution in [1.82, 2.24) is 25.2 Å². The number of halogens is 1. The molecule has 0 atom stereocenters. The number of nitrogens with zero attached hydrogens (tertiary/aromatic N) is 4. The van der Waals surface area contributed by atoms with Crippen LogP contribution >= 0.6 is 11.6 Å². The molecule has 3 aromatic heterocycles. The molecule has 0 fully saturated rings. The van der Waals surface area contributed by atoms with Gasteiger partial charge in [0.1, 0.15) is 22.8 Å². The number of nitrogens with one attached hydrogen (secondary N) is 2. The molecule has 0 bridgehead atoms. The first-order valence-electron chi connectivity index (χ1n) is 9.34. The van der Waals surface area contributed by atoms with E-state index in [1.807, 2.05) is 53.4 Å². The SMILES string of the molecule is Cc1onc(-c2ccccc2Cl)c1C(=O)NCCNc1ccc(-n2cccc2)nn1. The summed E-state index contributed by atoms with van der Waals surface area (Å²) >= 11 is 6.25. The molecule has 3 heterocycles. The minimum absolute atomic E-state index is 0.278. The van der Waals surface area contributed by atoms with E-state index in [2.05, 4.69) is 26.0 Å². The minimum atomic E-state index is -0.278. The fraction of sp³-hybridized carbons (Fsp3) is 0.143. The lowest BCUT2D eigenvalue weighted by atomic mass is 10.1. The number of carbonyl (C=O) groups is 1. The van der Waals surface area contributed by atoms with Crippen molar-refractivity contribution in [3.05, 3.63) is 77.3 Å². The van der Waals surface area contributed by atoms with E-state index in [1.54, 1.807) is 19.1 Å². The fourth-order valence-corrected chi connectivity index (χ4v) is 3.20. The monoisotopic (exact) mass is 422 g/mol. The van der Waals surface area contributed by atoms with Gasteiger partial charge in [0.25, 0.3) is 5.91 Å². The Morgan fingerprint density at radius 1 is 1.07 bits per heavy atom. The van der Waals surface area contributed by atoms with Crippen LogP contribution < -0.4 is 10.6 Å². The number of rotatable bonds is 7. The summed E-state index contributed by atoms with van der Waals surface area (Å²) in [6.07, 6.45) is 3.80. The number of hydrogen-bond donors (Lipinski definition) is 2. The van der Waals surface area contributed by atoms with Crippen molar-refractivity contribution in [3.63, 3.8) is 0 Å². The Morgan fingerprint density at radius 3 is 2.60 bits per heavy atom. The maximum absolute atomic E-state index is 12.7. The zero-order valence-electron chi connectivity index (χ0n) is 16.2. The van der Waals surface area contributed by atoms with Crippen LogP contribution in [-0.4, -0.2) is 38.9 Å². The first-order valence-corrected chi connectivity index (χ1v) is 9.71. The van der Waals surface area contributed by atoms with Crippen LogP contribution in [0.5, 0.6) is 0 Å². The highest BCUT2D eigenvalue weighted by Crippen LogP contribution is 2.30. The van der Waals surface area contributed by atoms with Gasteiger partial charge in [-0.1, -0.05) is 35.0 Å². The Labute approximate surface area is 177 Å². The van der Waals surface area contributed by atoms with Crippen LogP contribution in [0.3, 0.4) is 0 Å². The number of benzene rings is 1. The van der Waals surface area contributed by atoms with E-state index < -0.39 is 0 Å². The maximum Gasteiger partial charge on any atom is 0.257 e. The molecule has 0 saturated heterocycles. The van der Waals surface area contributed by atoms with E-state index in [1.165, 1.54) is 0 Å². The summed E-state index contributed by atoms with van der Waals surface area (Å²) in [6.45, 7) is 2.56. The normalized spacial score (nSPS) is 10.7. The highest BCUT2D eigenvalue weighted by atomic mass is 35.5. The second-order valence-corrected chi connectivity index (χ2v) is 6.90. The van der Waals surface area contributed by atoms with E-state index in [0.717, 1.165) is 5.82 Å². The van der Waals surface area contributed by atoms with Crippen molar-refractivity contribution in [1.29, 1.82) is 0 Å².